The number of hydrogen-bond acceptors (Lipinski definition) is 3. The fraction of sp³-hybridized carbons (Fsp3) is 0.222. The van der Waals surface area contributed by atoms with E-state index in [1.165, 1.54) is 18.2 Å². The average Bonchev–Trinajstić information content (AvgIpc) is 3.22. The van der Waals surface area contributed by atoms with Gasteiger partial charge >= 0.3 is 0 Å². The van der Waals surface area contributed by atoms with Gasteiger partial charge in [0.1, 0.15) is 17.7 Å². The van der Waals surface area contributed by atoms with Gasteiger partial charge < -0.3 is 14.8 Å². The summed E-state index contributed by atoms with van der Waals surface area (Å²) in [6, 6.07) is 20.7. The lowest BCUT2D eigenvalue weighted by Crippen LogP contribution is -2.45. The van der Waals surface area contributed by atoms with Crippen LogP contribution in [-0.4, -0.2) is 26.3 Å². The molecule has 0 aliphatic carbocycles. The van der Waals surface area contributed by atoms with E-state index in [0.717, 1.165) is 22.4 Å². The van der Waals surface area contributed by atoms with Crippen LogP contribution < -0.4 is 5.32 Å². The van der Waals surface area contributed by atoms with Gasteiger partial charge in [-0.2, -0.15) is 0 Å². The third-order valence-electron chi connectivity index (χ3n) is 6.38. The van der Waals surface area contributed by atoms with Gasteiger partial charge in [-0.15, -0.1) is 0 Å². The SMILES string of the molecule is Cc1cc(F)ccc1NC(=O)C[C@H]1C(=O)N(Cc2ccccc2)[C@@H](C)c2nc3ccccc3n21. The van der Waals surface area contributed by atoms with Gasteiger partial charge in [-0.3, -0.25) is 9.59 Å². The van der Waals surface area contributed by atoms with E-state index in [4.69, 9.17) is 4.98 Å². The second-order valence-electron chi connectivity index (χ2n) is 8.68. The number of fused-ring (bicyclic) bond motifs is 3. The van der Waals surface area contributed by atoms with Crippen molar-refractivity contribution < 1.29 is 14.0 Å². The number of halogens is 1. The zero-order valence-corrected chi connectivity index (χ0v) is 19.0. The van der Waals surface area contributed by atoms with Gasteiger partial charge in [0.2, 0.25) is 11.8 Å². The summed E-state index contributed by atoms with van der Waals surface area (Å²) in [5, 5.41) is 2.84. The minimum Gasteiger partial charge on any atom is -0.327 e. The number of aromatic nitrogens is 2. The maximum Gasteiger partial charge on any atom is 0.247 e. The van der Waals surface area contributed by atoms with Gasteiger partial charge in [0, 0.05) is 12.2 Å². The normalized spacial score (nSPS) is 17.6. The number of anilines is 1. The van der Waals surface area contributed by atoms with Crippen LogP contribution >= 0.6 is 0 Å². The van der Waals surface area contributed by atoms with E-state index in [-0.39, 0.29) is 30.1 Å². The highest BCUT2D eigenvalue weighted by Crippen LogP contribution is 2.37. The Morgan fingerprint density at radius 1 is 1.06 bits per heavy atom. The number of hydrogen-bond donors (Lipinski definition) is 1. The van der Waals surface area contributed by atoms with Gasteiger partial charge in [0.05, 0.1) is 23.5 Å². The standard InChI is InChI=1S/C27H25FN4O2/c1-17-14-20(28)12-13-21(17)29-25(33)15-24-27(34)31(16-19-8-4-3-5-9-19)18(2)26-30-22-10-6-7-11-23(22)32(24)26/h3-14,18,24H,15-16H2,1-2H3,(H,29,33)/t18-,24-/m0/s1. The first kappa shape index (κ1) is 21.8. The molecule has 0 spiro atoms. The summed E-state index contributed by atoms with van der Waals surface area (Å²) in [5.41, 5.74) is 3.78. The first-order chi connectivity index (χ1) is 16.4. The first-order valence-corrected chi connectivity index (χ1v) is 11.3. The number of carbonyl (C=O) groups is 2. The molecule has 172 valence electrons. The number of aryl methyl sites for hydroxylation is 1. The Morgan fingerprint density at radius 3 is 2.56 bits per heavy atom. The lowest BCUT2D eigenvalue weighted by Gasteiger charge is -2.38. The molecule has 0 saturated carbocycles. The minimum absolute atomic E-state index is 0.0545. The van der Waals surface area contributed by atoms with Crippen molar-refractivity contribution in [3.8, 4) is 0 Å². The van der Waals surface area contributed by atoms with Crippen LogP contribution in [0, 0.1) is 12.7 Å². The van der Waals surface area contributed by atoms with Crippen LogP contribution in [0.15, 0.2) is 72.8 Å². The lowest BCUT2D eigenvalue weighted by atomic mass is 10.0. The van der Waals surface area contributed by atoms with Crippen LogP contribution in [0.25, 0.3) is 11.0 Å². The van der Waals surface area contributed by atoms with E-state index in [9.17, 15) is 14.0 Å². The molecule has 0 unspecified atom stereocenters. The number of benzene rings is 3. The average molecular weight is 457 g/mol. The summed E-state index contributed by atoms with van der Waals surface area (Å²) in [7, 11) is 0. The van der Waals surface area contributed by atoms with Gasteiger partial charge in [-0.05, 0) is 55.3 Å². The van der Waals surface area contributed by atoms with Crippen LogP contribution in [0.2, 0.25) is 0 Å². The highest BCUT2D eigenvalue weighted by Gasteiger charge is 2.40. The molecule has 3 aromatic carbocycles. The summed E-state index contributed by atoms with van der Waals surface area (Å²) < 4.78 is 15.4. The summed E-state index contributed by atoms with van der Waals surface area (Å²) in [5.74, 6) is -0.0468. The van der Waals surface area contributed by atoms with Gasteiger partial charge in [-0.1, -0.05) is 42.5 Å². The van der Waals surface area contributed by atoms with Crippen molar-refractivity contribution in [1.29, 1.82) is 0 Å². The van der Waals surface area contributed by atoms with Crippen LogP contribution in [0.1, 0.15) is 42.4 Å². The Labute approximate surface area is 197 Å². The van der Waals surface area contributed by atoms with Crippen LogP contribution in [0.4, 0.5) is 10.1 Å². The van der Waals surface area contributed by atoms with Crippen molar-refractivity contribution in [2.45, 2.75) is 38.9 Å². The molecule has 1 N–H and O–H groups in total. The zero-order chi connectivity index (χ0) is 23.8. The Kier molecular flexibility index (Phi) is 5.61. The molecule has 0 radical (unpaired) electrons. The zero-order valence-electron chi connectivity index (χ0n) is 19.0. The van der Waals surface area contributed by atoms with Crippen molar-refractivity contribution in [2.75, 3.05) is 5.32 Å². The molecule has 0 saturated heterocycles. The summed E-state index contributed by atoms with van der Waals surface area (Å²) in [4.78, 5) is 33.5. The number of imidazole rings is 1. The number of rotatable bonds is 5. The molecule has 0 bridgehead atoms. The maximum absolute atomic E-state index is 13.8. The fourth-order valence-electron chi connectivity index (χ4n) is 4.64. The molecule has 2 heterocycles. The molecule has 0 fully saturated rings. The number of para-hydroxylation sites is 2. The van der Waals surface area contributed by atoms with Gasteiger partial charge in [0.15, 0.2) is 0 Å². The summed E-state index contributed by atoms with van der Waals surface area (Å²) in [6.07, 6.45) is -0.0545. The third-order valence-corrected chi connectivity index (χ3v) is 6.38. The van der Waals surface area contributed by atoms with Gasteiger partial charge in [-0.25, -0.2) is 9.37 Å². The van der Waals surface area contributed by atoms with Crippen LogP contribution in [0.5, 0.6) is 0 Å². The number of carbonyl (C=O) groups excluding carboxylic acids is 2. The van der Waals surface area contributed by atoms with Crippen molar-refractivity contribution in [3.05, 3.63) is 95.6 Å². The van der Waals surface area contributed by atoms with Crippen molar-refractivity contribution in [2.24, 2.45) is 0 Å². The first-order valence-electron chi connectivity index (χ1n) is 11.3. The molecule has 4 aromatic rings. The Morgan fingerprint density at radius 2 is 1.79 bits per heavy atom. The third kappa shape index (κ3) is 3.94. The monoisotopic (exact) mass is 456 g/mol. The summed E-state index contributed by atoms with van der Waals surface area (Å²) in [6.45, 7) is 4.13. The predicted molar refractivity (Wildman–Crippen MR) is 129 cm³/mol. The number of nitrogens with one attached hydrogen (secondary N) is 1. The molecule has 5 rings (SSSR count). The molecule has 1 aliphatic rings. The second kappa shape index (κ2) is 8.74. The quantitative estimate of drug-likeness (QED) is 0.451. The highest BCUT2D eigenvalue weighted by atomic mass is 19.1. The smallest absolute Gasteiger partial charge is 0.247 e. The number of nitrogens with zero attached hydrogens (tertiary/aromatic N) is 3. The maximum atomic E-state index is 13.8. The minimum atomic E-state index is -0.733. The fourth-order valence-corrected chi connectivity index (χ4v) is 4.64. The Balaban J connectivity index is 1.51. The van der Waals surface area contributed by atoms with Crippen LogP contribution in [0.3, 0.4) is 0 Å². The molecule has 7 heteroatoms. The molecule has 2 atom stereocenters. The second-order valence-corrected chi connectivity index (χ2v) is 8.68. The summed E-state index contributed by atoms with van der Waals surface area (Å²) >= 11 is 0. The molecule has 1 aromatic heterocycles. The van der Waals surface area contributed by atoms with E-state index < -0.39 is 6.04 Å². The van der Waals surface area contributed by atoms with E-state index >= 15 is 0 Å². The Bertz CT molecular complexity index is 1380. The molecular formula is C27H25FN4O2. The van der Waals surface area contributed by atoms with E-state index in [1.807, 2.05) is 66.1 Å². The van der Waals surface area contributed by atoms with Crippen LogP contribution in [-0.2, 0) is 16.1 Å². The molecule has 34 heavy (non-hydrogen) atoms. The molecular weight excluding hydrogens is 431 g/mol. The molecule has 6 nitrogen and oxygen atoms in total. The molecule has 1 aliphatic heterocycles. The van der Waals surface area contributed by atoms with Crippen molar-refractivity contribution in [1.82, 2.24) is 14.5 Å². The van der Waals surface area contributed by atoms with E-state index in [1.54, 1.807) is 11.8 Å². The van der Waals surface area contributed by atoms with E-state index in [0.29, 0.717) is 17.8 Å². The van der Waals surface area contributed by atoms with Crippen molar-refractivity contribution >= 4 is 28.5 Å². The molecule has 2 amide bonds. The predicted octanol–water partition coefficient (Wildman–Crippen LogP) is 5.16. The largest absolute Gasteiger partial charge is 0.327 e. The van der Waals surface area contributed by atoms with Crippen molar-refractivity contribution in [3.63, 3.8) is 0 Å². The Hall–Kier alpha value is -4.00. The number of amides is 2. The topological polar surface area (TPSA) is 67.2 Å². The van der Waals surface area contributed by atoms with Gasteiger partial charge in [0.25, 0.3) is 0 Å². The highest BCUT2D eigenvalue weighted by molar-refractivity contribution is 5.96. The van der Waals surface area contributed by atoms with E-state index in [2.05, 4.69) is 5.32 Å². The lowest BCUT2D eigenvalue weighted by molar-refractivity contribution is -0.142.